The van der Waals surface area contributed by atoms with E-state index in [1.807, 2.05) is 12.1 Å². The van der Waals surface area contributed by atoms with Crippen molar-refractivity contribution in [2.24, 2.45) is 5.73 Å². The largest absolute Gasteiger partial charge is 0.469 e. The molecule has 0 bridgehead atoms. The highest BCUT2D eigenvalue weighted by Gasteiger charge is 2.12. The van der Waals surface area contributed by atoms with Crippen LogP contribution in [0.25, 0.3) is 5.57 Å². The molecule has 0 spiro atoms. The zero-order valence-electron chi connectivity index (χ0n) is 9.73. The Bertz CT molecular complexity index is 485. The fourth-order valence-corrected chi connectivity index (χ4v) is 2.83. The van der Waals surface area contributed by atoms with Gasteiger partial charge >= 0.3 is 5.97 Å². The van der Waals surface area contributed by atoms with Crippen LogP contribution in [-0.4, -0.2) is 13.1 Å². The second-order valence-corrected chi connectivity index (χ2v) is 5.04. The number of esters is 1. The van der Waals surface area contributed by atoms with E-state index in [1.165, 1.54) is 7.11 Å². The van der Waals surface area contributed by atoms with Crippen LogP contribution < -0.4 is 5.73 Å². The van der Waals surface area contributed by atoms with Gasteiger partial charge in [-0.15, -0.1) is 11.3 Å². The molecule has 0 atom stereocenters. The zero-order valence-corrected chi connectivity index (χ0v) is 10.5. The first-order valence-corrected chi connectivity index (χ1v) is 6.34. The highest BCUT2D eigenvalue weighted by Crippen LogP contribution is 2.30. The number of ether oxygens (including phenoxy) is 1. The summed E-state index contributed by atoms with van der Waals surface area (Å²) in [5.41, 5.74) is 7.89. The Morgan fingerprint density at radius 3 is 2.88 bits per heavy atom. The summed E-state index contributed by atoms with van der Waals surface area (Å²) >= 11 is 1.60. The molecule has 1 aromatic heterocycles. The van der Waals surface area contributed by atoms with Crippen LogP contribution >= 0.6 is 11.3 Å². The SMILES string of the molecule is COC(=O)Cc1ccc(C2=CCCC=C2N)s1. The van der Waals surface area contributed by atoms with Gasteiger partial charge in [0.05, 0.1) is 13.5 Å². The molecule has 1 aromatic rings. The van der Waals surface area contributed by atoms with E-state index >= 15 is 0 Å². The van der Waals surface area contributed by atoms with E-state index in [1.54, 1.807) is 11.3 Å². The summed E-state index contributed by atoms with van der Waals surface area (Å²) < 4.78 is 4.65. The van der Waals surface area contributed by atoms with Crippen LogP contribution in [0.2, 0.25) is 0 Å². The summed E-state index contributed by atoms with van der Waals surface area (Å²) in [6.45, 7) is 0. The minimum atomic E-state index is -0.209. The molecule has 1 aliphatic carbocycles. The Morgan fingerprint density at radius 1 is 1.41 bits per heavy atom. The number of rotatable bonds is 3. The predicted octanol–water partition coefficient (Wildman–Crippen LogP) is 2.48. The van der Waals surface area contributed by atoms with Crippen molar-refractivity contribution in [3.63, 3.8) is 0 Å². The third-order valence-corrected chi connectivity index (χ3v) is 3.78. The highest BCUT2D eigenvalue weighted by atomic mass is 32.1. The van der Waals surface area contributed by atoms with Gasteiger partial charge in [-0.3, -0.25) is 4.79 Å². The van der Waals surface area contributed by atoms with Crippen molar-refractivity contribution in [3.8, 4) is 0 Å². The molecule has 4 heteroatoms. The lowest BCUT2D eigenvalue weighted by molar-refractivity contribution is -0.139. The van der Waals surface area contributed by atoms with E-state index in [9.17, 15) is 4.79 Å². The average molecular weight is 249 g/mol. The monoisotopic (exact) mass is 249 g/mol. The first-order valence-electron chi connectivity index (χ1n) is 5.53. The van der Waals surface area contributed by atoms with Gasteiger partial charge in [0.1, 0.15) is 0 Å². The molecule has 2 rings (SSSR count). The van der Waals surface area contributed by atoms with Crippen molar-refractivity contribution in [3.05, 3.63) is 39.7 Å². The maximum absolute atomic E-state index is 11.2. The number of hydrogen-bond donors (Lipinski definition) is 1. The number of carbonyl (C=O) groups excluding carboxylic acids is 1. The molecule has 0 radical (unpaired) electrons. The third-order valence-electron chi connectivity index (χ3n) is 2.66. The van der Waals surface area contributed by atoms with Crippen molar-refractivity contribution >= 4 is 22.9 Å². The van der Waals surface area contributed by atoms with Gasteiger partial charge in [-0.05, 0) is 25.0 Å². The van der Waals surface area contributed by atoms with Crippen LogP contribution in [0.15, 0.2) is 30.0 Å². The maximum atomic E-state index is 11.2. The molecule has 0 amide bonds. The lowest BCUT2D eigenvalue weighted by Crippen LogP contribution is -2.03. The van der Waals surface area contributed by atoms with E-state index in [0.717, 1.165) is 33.9 Å². The minimum absolute atomic E-state index is 0.209. The molecule has 0 aliphatic heterocycles. The number of methoxy groups -OCH3 is 1. The molecule has 0 aromatic carbocycles. The van der Waals surface area contributed by atoms with E-state index in [0.29, 0.717) is 6.42 Å². The topological polar surface area (TPSA) is 52.3 Å². The molecule has 90 valence electrons. The molecule has 1 aliphatic rings. The van der Waals surface area contributed by atoms with E-state index < -0.39 is 0 Å². The molecule has 0 fully saturated rings. The van der Waals surface area contributed by atoms with Gasteiger partial charge in [-0.1, -0.05) is 12.2 Å². The van der Waals surface area contributed by atoms with Gasteiger partial charge in [0, 0.05) is 21.0 Å². The van der Waals surface area contributed by atoms with Crippen LogP contribution in [-0.2, 0) is 16.0 Å². The number of thiophene rings is 1. The van der Waals surface area contributed by atoms with Gasteiger partial charge < -0.3 is 10.5 Å². The second-order valence-electron chi connectivity index (χ2n) is 3.87. The molecule has 2 N–H and O–H groups in total. The summed E-state index contributed by atoms with van der Waals surface area (Å²) in [7, 11) is 1.40. The van der Waals surface area contributed by atoms with Crippen molar-refractivity contribution in [1.82, 2.24) is 0 Å². The number of allylic oxidation sites excluding steroid dienone is 3. The van der Waals surface area contributed by atoms with Crippen molar-refractivity contribution in [2.45, 2.75) is 19.3 Å². The van der Waals surface area contributed by atoms with Crippen LogP contribution in [0, 0.1) is 0 Å². The molecule has 0 unspecified atom stereocenters. The highest BCUT2D eigenvalue weighted by molar-refractivity contribution is 7.13. The Balaban J connectivity index is 2.16. The number of carbonyl (C=O) groups is 1. The Hall–Kier alpha value is -1.55. The fraction of sp³-hybridized carbons (Fsp3) is 0.308. The Morgan fingerprint density at radius 2 is 2.18 bits per heavy atom. The summed E-state index contributed by atoms with van der Waals surface area (Å²) in [5, 5.41) is 0. The summed E-state index contributed by atoms with van der Waals surface area (Å²) in [5.74, 6) is -0.209. The van der Waals surface area contributed by atoms with Crippen LogP contribution in [0.5, 0.6) is 0 Å². The Labute approximate surface area is 105 Å². The predicted molar refractivity (Wildman–Crippen MR) is 69.5 cm³/mol. The first-order chi connectivity index (χ1) is 8.20. The quantitative estimate of drug-likeness (QED) is 0.837. The zero-order chi connectivity index (χ0) is 12.3. The second kappa shape index (κ2) is 5.19. The van der Waals surface area contributed by atoms with Crippen molar-refractivity contribution in [2.75, 3.05) is 7.11 Å². The molecule has 0 saturated carbocycles. The smallest absolute Gasteiger partial charge is 0.310 e. The lowest BCUT2D eigenvalue weighted by atomic mass is 10.0. The molecule has 3 nitrogen and oxygen atoms in total. The lowest BCUT2D eigenvalue weighted by Gasteiger charge is -2.10. The minimum Gasteiger partial charge on any atom is -0.469 e. The maximum Gasteiger partial charge on any atom is 0.310 e. The standard InChI is InChI=1S/C13H15NO2S/c1-16-13(15)8-9-6-7-12(17-9)10-4-2-3-5-11(10)14/h4-7H,2-3,8,14H2,1H3. The normalized spacial score (nSPS) is 15.1. The van der Waals surface area contributed by atoms with Gasteiger partial charge in [-0.25, -0.2) is 0 Å². The number of nitrogens with two attached hydrogens (primary N) is 1. The molecule has 0 saturated heterocycles. The van der Waals surface area contributed by atoms with Gasteiger partial charge in [0.2, 0.25) is 0 Å². The molecule has 17 heavy (non-hydrogen) atoms. The summed E-state index contributed by atoms with van der Waals surface area (Å²) in [6.07, 6.45) is 6.58. The first kappa shape index (κ1) is 11.9. The summed E-state index contributed by atoms with van der Waals surface area (Å²) in [6, 6.07) is 3.97. The molecular formula is C13H15NO2S. The van der Waals surface area contributed by atoms with Crippen LogP contribution in [0.1, 0.15) is 22.6 Å². The van der Waals surface area contributed by atoms with Gasteiger partial charge in [0.15, 0.2) is 0 Å². The number of hydrogen-bond acceptors (Lipinski definition) is 4. The average Bonchev–Trinajstić information content (AvgIpc) is 2.78. The van der Waals surface area contributed by atoms with Crippen LogP contribution in [0.3, 0.4) is 0 Å². The van der Waals surface area contributed by atoms with Crippen molar-refractivity contribution in [1.29, 1.82) is 0 Å². The summed E-state index contributed by atoms with van der Waals surface area (Å²) in [4.78, 5) is 13.3. The van der Waals surface area contributed by atoms with Crippen LogP contribution in [0.4, 0.5) is 0 Å². The Kier molecular flexibility index (Phi) is 3.64. The van der Waals surface area contributed by atoms with Gasteiger partial charge in [0.25, 0.3) is 0 Å². The van der Waals surface area contributed by atoms with Crippen molar-refractivity contribution < 1.29 is 9.53 Å². The van der Waals surface area contributed by atoms with E-state index in [-0.39, 0.29) is 5.97 Å². The molecular weight excluding hydrogens is 234 g/mol. The molecule has 1 heterocycles. The van der Waals surface area contributed by atoms with Gasteiger partial charge in [-0.2, -0.15) is 0 Å². The van der Waals surface area contributed by atoms with E-state index in [2.05, 4.69) is 16.9 Å². The third kappa shape index (κ3) is 2.77. The van der Waals surface area contributed by atoms with E-state index in [4.69, 9.17) is 5.73 Å². The fourth-order valence-electron chi connectivity index (χ4n) is 1.77.